The van der Waals surface area contributed by atoms with Crippen molar-refractivity contribution in [2.24, 2.45) is 0 Å². The van der Waals surface area contributed by atoms with Crippen LogP contribution in [0, 0.1) is 6.92 Å². The molecule has 0 amide bonds. The van der Waals surface area contributed by atoms with Crippen molar-refractivity contribution in [2.45, 2.75) is 6.92 Å². The quantitative estimate of drug-likeness (QED) is 0.540. The second-order valence-corrected chi connectivity index (χ2v) is 3.51. The van der Waals surface area contributed by atoms with Gasteiger partial charge in [-0.25, -0.2) is 4.98 Å². The van der Waals surface area contributed by atoms with Gasteiger partial charge in [0, 0.05) is 24.8 Å². The highest BCUT2D eigenvalue weighted by atomic mass is 16.1. The van der Waals surface area contributed by atoms with Crippen LogP contribution >= 0.6 is 0 Å². The zero-order valence-corrected chi connectivity index (χ0v) is 9.52. The summed E-state index contributed by atoms with van der Waals surface area (Å²) in [6.45, 7) is 10.8. The van der Waals surface area contributed by atoms with Crippen LogP contribution < -0.4 is 4.90 Å². The number of carbonyl (C=O) groups excluding carboxylic acids is 1. The summed E-state index contributed by atoms with van der Waals surface area (Å²) >= 11 is 0. The molecule has 0 fully saturated rings. The zero-order valence-electron chi connectivity index (χ0n) is 9.52. The minimum atomic E-state index is 0.596. The number of anilines is 1. The van der Waals surface area contributed by atoms with E-state index >= 15 is 0 Å². The minimum Gasteiger partial charge on any atom is -0.349 e. The molecule has 1 heterocycles. The number of rotatable bonds is 6. The number of carbonyl (C=O) groups is 1. The number of aryl methyl sites for hydroxylation is 1. The maximum Gasteiger partial charge on any atom is 0.151 e. The molecule has 3 nitrogen and oxygen atoms in total. The van der Waals surface area contributed by atoms with Crippen LogP contribution in [0.2, 0.25) is 0 Å². The first-order valence-electron chi connectivity index (χ1n) is 5.11. The summed E-state index contributed by atoms with van der Waals surface area (Å²) in [7, 11) is 0. The van der Waals surface area contributed by atoms with Crippen LogP contribution in [0.25, 0.3) is 0 Å². The number of hydrogen-bond acceptors (Lipinski definition) is 3. The van der Waals surface area contributed by atoms with Gasteiger partial charge in [0.2, 0.25) is 0 Å². The minimum absolute atomic E-state index is 0.596. The van der Waals surface area contributed by atoms with Crippen molar-refractivity contribution in [3.8, 4) is 0 Å². The zero-order chi connectivity index (χ0) is 12.0. The fourth-order valence-electron chi connectivity index (χ4n) is 1.54. The van der Waals surface area contributed by atoms with Gasteiger partial charge in [-0.15, -0.1) is 13.2 Å². The predicted molar refractivity (Wildman–Crippen MR) is 67.0 cm³/mol. The van der Waals surface area contributed by atoms with Gasteiger partial charge in [0.15, 0.2) is 6.29 Å². The van der Waals surface area contributed by atoms with Crippen LogP contribution in [0.15, 0.2) is 37.6 Å². The van der Waals surface area contributed by atoms with Crippen molar-refractivity contribution < 1.29 is 4.79 Å². The summed E-state index contributed by atoms with van der Waals surface area (Å²) in [5.41, 5.74) is 1.58. The molecule has 0 bridgehead atoms. The van der Waals surface area contributed by atoms with Crippen molar-refractivity contribution in [3.63, 3.8) is 0 Å². The standard InChI is InChI=1S/C13H16N2O/c1-4-6-15(7-5-2)13-11(3)8-12(10-16)9-14-13/h4-5,8-10H,1-2,6-7H2,3H3. The van der Waals surface area contributed by atoms with Crippen LogP contribution in [0.3, 0.4) is 0 Å². The molecule has 1 aromatic heterocycles. The van der Waals surface area contributed by atoms with Crippen LogP contribution in [-0.4, -0.2) is 24.4 Å². The molecule has 0 unspecified atom stereocenters. The molecule has 0 radical (unpaired) electrons. The second-order valence-electron chi connectivity index (χ2n) is 3.51. The summed E-state index contributed by atoms with van der Waals surface area (Å²) in [5.74, 6) is 0.866. The topological polar surface area (TPSA) is 33.2 Å². The molecule has 0 aromatic carbocycles. The van der Waals surface area contributed by atoms with Crippen molar-refractivity contribution in [1.82, 2.24) is 4.98 Å². The van der Waals surface area contributed by atoms with Gasteiger partial charge < -0.3 is 4.90 Å². The number of aldehydes is 1. The van der Waals surface area contributed by atoms with E-state index in [1.165, 1.54) is 0 Å². The Hall–Kier alpha value is -1.90. The average Bonchev–Trinajstić information content (AvgIpc) is 2.29. The molecule has 0 saturated carbocycles. The maximum atomic E-state index is 10.6. The highest BCUT2D eigenvalue weighted by Crippen LogP contribution is 2.17. The monoisotopic (exact) mass is 216 g/mol. The molecule has 3 heteroatoms. The van der Waals surface area contributed by atoms with E-state index < -0.39 is 0 Å². The molecule has 0 saturated heterocycles. The van der Waals surface area contributed by atoms with E-state index in [0.29, 0.717) is 18.7 Å². The predicted octanol–water partition coefficient (Wildman–Crippen LogP) is 2.38. The number of nitrogens with zero attached hydrogens (tertiary/aromatic N) is 2. The number of aromatic nitrogens is 1. The summed E-state index contributed by atoms with van der Waals surface area (Å²) in [4.78, 5) is 16.9. The molecule has 1 aromatic rings. The van der Waals surface area contributed by atoms with Gasteiger partial charge >= 0.3 is 0 Å². The molecular formula is C13H16N2O. The fraction of sp³-hybridized carbons (Fsp3) is 0.231. The average molecular weight is 216 g/mol. The third-order valence-electron chi connectivity index (χ3n) is 2.21. The molecule has 0 aliphatic carbocycles. The summed E-state index contributed by atoms with van der Waals surface area (Å²) in [5, 5.41) is 0. The lowest BCUT2D eigenvalue weighted by molar-refractivity contribution is 0.112. The van der Waals surface area contributed by atoms with Crippen molar-refractivity contribution in [3.05, 3.63) is 48.7 Å². The number of hydrogen-bond donors (Lipinski definition) is 0. The molecule has 0 aliphatic rings. The third kappa shape index (κ3) is 2.79. The molecule has 16 heavy (non-hydrogen) atoms. The van der Waals surface area contributed by atoms with Crippen molar-refractivity contribution in [1.29, 1.82) is 0 Å². The Morgan fingerprint density at radius 1 is 1.38 bits per heavy atom. The van der Waals surface area contributed by atoms with E-state index in [0.717, 1.165) is 17.7 Å². The first-order chi connectivity index (χ1) is 7.72. The Morgan fingerprint density at radius 2 is 2.00 bits per heavy atom. The van der Waals surface area contributed by atoms with Gasteiger partial charge in [-0.2, -0.15) is 0 Å². The van der Waals surface area contributed by atoms with Gasteiger partial charge in [-0.3, -0.25) is 4.79 Å². The van der Waals surface area contributed by atoms with Crippen LogP contribution in [0.4, 0.5) is 5.82 Å². The van der Waals surface area contributed by atoms with E-state index in [1.807, 2.05) is 30.0 Å². The molecule has 1 rings (SSSR count). The smallest absolute Gasteiger partial charge is 0.151 e. The Morgan fingerprint density at radius 3 is 2.44 bits per heavy atom. The molecule has 0 atom stereocenters. The fourth-order valence-corrected chi connectivity index (χ4v) is 1.54. The molecule has 0 spiro atoms. The highest BCUT2D eigenvalue weighted by molar-refractivity contribution is 5.75. The Kier molecular flexibility index (Phi) is 4.45. The van der Waals surface area contributed by atoms with E-state index in [2.05, 4.69) is 18.1 Å². The third-order valence-corrected chi connectivity index (χ3v) is 2.21. The van der Waals surface area contributed by atoms with Crippen LogP contribution in [0.5, 0.6) is 0 Å². The summed E-state index contributed by atoms with van der Waals surface area (Å²) in [6.07, 6.45) is 6.01. The first kappa shape index (κ1) is 12.2. The number of pyridine rings is 1. The lowest BCUT2D eigenvalue weighted by Crippen LogP contribution is -2.25. The first-order valence-corrected chi connectivity index (χ1v) is 5.11. The largest absolute Gasteiger partial charge is 0.349 e. The SMILES string of the molecule is C=CCN(CC=C)c1ncc(C=O)cc1C. The van der Waals surface area contributed by atoms with Gasteiger partial charge in [0.05, 0.1) is 0 Å². The van der Waals surface area contributed by atoms with Gasteiger partial charge in [-0.05, 0) is 18.6 Å². The lowest BCUT2D eigenvalue weighted by Gasteiger charge is -2.22. The van der Waals surface area contributed by atoms with Gasteiger partial charge in [0.25, 0.3) is 0 Å². The molecule has 84 valence electrons. The Labute approximate surface area is 96.1 Å². The van der Waals surface area contributed by atoms with E-state index in [1.54, 1.807) is 6.20 Å². The van der Waals surface area contributed by atoms with Gasteiger partial charge in [-0.1, -0.05) is 12.2 Å². The molecule has 0 N–H and O–H groups in total. The normalized spacial score (nSPS) is 9.56. The van der Waals surface area contributed by atoms with Gasteiger partial charge in [0.1, 0.15) is 5.82 Å². The molecular weight excluding hydrogens is 200 g/mol. The van der Waals surface area contributed by atoms with Crippen molar-refractivity contribution in [2.75, 3.05) is 18.0 Å². The van der Waals surface area contributed by atoms with Crippen LogP contribution in [0.1, 0.15) is 15.9 Å². The van der Waals surface area contributed by atoms with E-state index in [4.69, 9.17) is 0 Å². The lowest BCUT2D eigenvalue weighted by atomic mass is 10.2. The second kappa shape index (κ2) is 5.85. The summed E-state index contributed by atoms with van der Waals surface area (Å²) < 4.78 is 0. The Bertz CT molecular complexity index is 389. The van der Waals surface area contributed by atoms with Crippen molar-refractivity contribution >= 4 is 12.1 Å². The highest BCUT2D eigenvalue weighted by Gasteiger charge is 2.08. The van der Waals surface area contributed by atoms with Crippen LogP contribution in [-0.2, 0) is 0 Å². The molecule has 0 aliphatic heterocycles. The maximum absolute atomic E-state index is 10.6. The van der Waals surface area contributed by atoms with E-state index in [9.17, 15) is 4.79 Å². The Balaban J connectivity index is 3.03. The van der Waals surface area contributed by atoms with E-state index in [-0.39, 0.29) is 0 Å². The summed E-state index contributed by atoms with van der Waals surface area (Å²) in [6, 6.07) is 1.83.